The van der Waals surface area contributed by atoms with Gasteiger partial charge in [0.05, 0.1) is 6.26 Å². The summed E-state index contributed by atoms with van der Waals surface area (Å²) in [6.45, 7) is 11.6. The summed E-state index contributed by atoms with van der Waals surface area (Å²) in [6, 6.07) is 4.20. The van der Waals surface area contributed by atoms with Crippen LogP contribution in [0.5, 0.6) is 0 Å². The van der Waals surface area contributed by atoms with Gasteiger partial charge in [0, 0.05) is 0 Å². The zero-order valence-corrected chi connectivity index (χ0v) is 19.2. The molecule has 1 aromatic carbocycles. The van der Waals surface area contributed by atoms with Crippen molar-refractivity contribution in [3.63, 3.8) is 0 Å². The number of fused-ring (bicyclic) bond motifs is 2. The Morgan fingerprint density at radius 2 is 2.20 bits per heavy atom. The minimum absolute atomic E-state index is 0.0692. The first-order chi connectivity index (χ1) is 14.4. The number of nitrogens with zero attached hydrogens (tertiary/aromatic N) is 1. The number of halogens is 1. The Morgan fingerprint density at radius 1 is 1.40 bits per heavy atom. The topological polar surface area (TPSA) is 67.5 Å². The molecule has 0 saturated carbocycles. The van der Waals surface area contributed by atoms with Crippen LogP contribution in [0.25, 0.3) is 16.6 Å². The van der Waals surface area contributed by atoms with E-state index in [-0.39, 0.29) is 43.0 Å². The molecule has 1 aromatic heterocycles. The molecule has 4 unspecified atom stereocenters. The number of carbonyl (C=O) groups excluding carboxylic acids is 1. The number of carbonyl (C=O) groups is 1. The van der Waals surface area contributed by atoms with Gasteiger partial charge in [0.1, 0.15) is 0 Å². The third-order valence-corrected chi connectivity index (χ3v) is 8.68. The summed E-state index contributed by atoms with van der Waals surface area (Å²) in [7, 11) is 0. The van der Waals surface area contributed by atoms with E-state index in [9.17, 15) is 4.79 Å². The Labute approximate surface area is 186 Å². The molecule has 0 bridgehead atoms. The Hall–Kier alpha value is -2.19. The first kappa shape index (κ1) is 19.8. The molecule has 156 valence electrons. The number of hydrogen-bond acceptors (Lipinski definition) is 4. The van der Waals surface area contributed by atoms with Gasteiger partial charge in [0.2, 0.25) is 0 Å². The molecule has 2 aromatic rings. The molecule has 3 aliphatic rings. The number of aromatic amines is 1. The first-order valence-electron chi connectivity index (χ1n) is 10.1. The maximum absolute atomic E-state index is 13.3. The molecule has 0 spiro atoms. The number of ketones is 1. The number of alkyl halides is 1. The normalized spacial score (nSPS) is 32.3. The SMILES string of the molecule is C=CCC1C(=O)C(C)(C2O[I-]2)c2cc3nc(C4=CCC(C)(OC=C)C=C4)[nH]c3cc21. The van der Waals surface area contributed by atoms with E-state index in [0.29, 0.717) is 6.42 Å². The van der Waals surface area contributed by atoms with Crippen LogP contribution in [0.1, 0.15) is 49.6 Å². The van der Waals surface area contributed by atoms with Crippen LogP contribution in [0.2, 0.25) is 0 Å². The van der Waals surface area contributed by atoms with Crippen molar-refractivity contribution in [2.45, 2.75) is 47.7 Å². The van der Waals surface area contributed by atoms with Crippen LogP contribution in [0.4, 0.5) is 0 Å². The number of aromatic nitrogens is 2. The van der Waals surface area contributed by atoms with Crippen molar-refractivity contribution >= 4 is 22.4 Å². The molecule has 5 nitrogen and oxygen atoms in total. The monoisotopic (exact) mass is 515 g/mol. The number of Topliss-reactive ketones (excluding diaryl/α,β-unsaturated/α-hetero) is 1. The summed E-state index contributed by atoms with van der Waals surface area (Å²) in [5, 5.41) is 0. The standard InChI is InChI=1S/C24H24IN2O3/c1-5-7-15-16-12-18-19(13-17(16)24(4,20(15)28)22-25-30-22)27-21(26-18)14-8-10-23(3,11-9-14)29-6-2/h5-6,8-10,12-13,15,22H,1-2,7,11H2,3-4H3,(H,26,27)/q-1. The second kappa shape index (κ2) is 6.92. The Bertz CT molecular complexity index is 1140. The van der Waals surface area contributed by atoms with Gasteiger partial charge in [0.25, 0.3) is 0 Å². The molecule has 2 heterocycles. The van der Waals surface area contributed by atoms with Gasteiger partial charge in [-0.05, 0) is 0 Å². The van der Waals surface area contributed by atoms with Crippen LogP contribution in [-0.2, 0) is 18.0 Å². The summed E-state index contributed by atoms with van der Waals surface area (Å²) < 4.78 is 11.4. The van der Waals surface area contributed by atoms with Crippen LogP contribution in [0, 0.1) is 0 Å². The molecule has 0 amide bonds. The van der Waals surface area contributed by atoms with E-state index in [1.165, 1.54) is 6.26 Å². The van der Waals surface area contributed by atoms with E-state index in [4.69, 9.17) is 12.8 Å². The number of imidazole rings is 1. The van der Waals surface area contributed by atoms with Gasteiger partial charge < -0.3 is 0 Å². The molecular formula is C24H24IN2O3-. The summed E-state index contributed by atoms with van der Waals surface area (Å²) >= 11 is -0.345. The zero-order chi connectivity index (χ0) is 21.1. The second-order valence-electron chi connectivity index (χ2n) is 8.47. The average molecular weight is 515 g/mol. The number of allylic oxidation sites excluding steroid dienone is 3. The van der Waals surface area contributed by atoms with Crippen molar-refractivity contribution in [3.8, 4) is 0 Å². The Balaban J connectivity index is 1.56. The summed E-state index contributed by atoms with van der Waals surface area (Å²) in [5.74, 6) is 0.929. The third kappa shape index (κ3) is 2.92. The van der Waals surface area contributed by atoms with Gasteiger partial charge in [-0.3, -0.25) is 0 Å². The van der Waals surface area contributed by atoms with Gasteiger partial charge in [-0.2, -0.15) is 0 Å². The van der Waals surface area contributed by atoms with Crippen molar-refractivity contribution in [1.82, 2.24) is 9.97 Å². The van der Waals surface area contributed by atoms with Crippen LogP contribution in [-0.4, -0.2) is 25.5 Å². The van der Waals surface area contributed by atoms with Crippen molar-refractivity contribution < 1.29 is 34.2 Å². The number of hydrogen-bond donors (Lipinski definition) is 1. The van der Waals surface area contributed by atoms with E-state index in [2.05, 4.69) is 36.4 Å². The zero-order valence-electron chi connectivity index (χ0n) is 17.1. The fraction of sp³-hybridized carbons (Fsp3) is 0.333. The van der Waals surface area contributed by atoms with Crippen molar-refractivity contribution in [2.75, 3.05) is 0 Å². The molecule has 1 N–H and O–H groups in total. The average Bonchev–Trinajstić information content (AvgIpc) is 3.47. The predicted molar refractivity (Wildman–Crippen MR) is 112 cm³/mol. The quantitative estimate of drug-likeness (QED) is 0.209. The Morgan fingerprint density at radius 3 is 2.83 bits per heavy atom. The summed E-state index contributed by atoms with van der Waals surface area (Å²) in [4.78, 5) is 21.6. The Kier molecular flexibility index (Phi) is 4.56. The predicted octanol–water partition coefficient (Wildman–Crippen LogP) is 1.69. The summed E-state index contributed by atoms with van der Waals surface area (Å²) in [6.07, 6.45) is 10.9. The second-order valence-corrected chi connectivity index (χ2v) is 10.6. The van der Waals surface area contributed by atoms with Crippen molar-refractivity contribution in [2.24, 2.45) is 0 Å². The molecule has 1 fully saturated rings. The third-order valence-electron chi connectivity index (χ3n) is 6.42. The molecule has 1 saturated heterocycles. The van der Waals surface area contributed by atoms with Crippen molar-refractivity contribution in [3.05, 3.63) is 72.8 Å². The molecule has 1 aliphatic heterocycles. The number of rotatable bonds is 6. The van der Waals surface area contributed by atoms with Crippen LogP contribution >= 0.6 is 0 Å². The molecular weight excluding hydrogens is 491 g/mol. The van der Waals surface area contributed by atoms with Gasteiger partial charge in [-0.15, -0.1) is 0 Å². The maximum atomic E-state index is 13.3. The van der Waals surface area contributed by atoms with Crippen LogP contribution in [0.3, 0.4) is 0 Å². The van der Waals surface area contributed by atoms with E-state index in [0.717, 1.165) is 40.0 Å². The summed E-state index contributed by atoms with van der Waals surface area (Å²) in [5.41, 5.74) is 4.10. The van der Waals surface area contributed by atoms with Crippen molar-refractivity contribution in [1.29, 1.82) is 0 Å². The first-order valence-corrected chi connectivity index (χ1v) is 12.2. The number of benzene rings is 1. The van der Waals surface area contributed by atoms with Crippen LogP contribution < -0.4 is 21.6 Å². The molecule has 6 heteroatoms. The van der Waals surface area contributed by atoms with E-state index in [1.54, 1.807) is 0 Å². The molecule has 5 rings (SSSR count). The van der Waals surface area contributed by atoms with E-state index in [1.807, 2.05) is 32.1 Å². The number of H-pyrrole nitrogens is 1. The van der Waals surface area contributed by atoms with Crippen LogP contribution in [0.15, 0.2) is 55.9 Å². The fourth-order valence-corrected chi connectivity index (χ4v) is 6.40. The number of nitrogens with one attached hydrogen (secondary N) is 1. The fourth-order valence-electron chi connectivity index (χ4n) is 4.59. The number of ether oxygens (including phenoxy) is 1. The molecule has 0 radical (unpaired) electrons. The minimum atomic E-state index is -0.558. The molecule has 30 heavy (non-hydrogen) atoms. The van der Waals surface area contributed by atoms with E-state index < -0.39 is 5.41 Å². The van der Waals surface area contributed by atoms with Gasteiger partial charge in [0.15, 0.2) is 0 Å². The van der Waals surface area contributed by atoms with E-state index >= 15 is 0 Å². The molecule has 2 aliphatic carbocycles. The molecule has 4 atom stereocenters. The van der Waals surface area contributed by atoms with Gasteiger partial charge in [-0.1, -0.05) is 6.58 Å². The van der Waals surface area contributed by atoms with Gasteiger partial charge >= 0.3 is 174 Å². The van der Waals surface area contributed by atoms with Gasteiger partial charge in [-0.25, -0.2) is 0 Å².